The molecule has 2 aromatic rings. The van der Waals surface area contributed by atoms with E-state index in [1.807, 2.05) is 6.92 Å². The van der Waals surface area contributed by atoms with Crippen LogP contribution in [0.25, 0.3) is 0 Å². The number of hydrogen-bond donors (Lipinski definition) is 2. The number of rotatable bonds is 4. The van der Waals surface area contributed by atoms with Crippen molar-refractivity contribution in [3.63, 3.8) is 0 Å². The maximum atomic E-state index is 12.8. The predicted molar refractivity (Wildman–Crippen MR) is 82.0 cm³/mol. The Balaban J connectivity index is 1.49. The summed E-state index contributed by atoms with van der Waals surface area (Å²) in [7, 11) is 0. The van der Waals surface area contributed by atoms with Gasteiger partial charge in [-0.1, -0.05) is 12.1 Å². The van der Waals surface area contributed by atoms with Crippen LogP contribution in [0.1, 0.15) is 29.2 Å². The van der Waals surface area contributed by atoms with E-state index in [-0.39, 0.29) is 17.6 Å². The fraction of sp³-hybridized carbons (Fsp3) is 0.412. The Morgan fingerprint density at radius 1 is 1.41 bits per heavy atom. The smallest absolute Gasteiger partial charge is 0.223 e. The molecule has 0 saturated heterocycles. The van der Waals surface area contributed by atoms with Crippen LogP contribution in [0.5, 0.6) is 0 Å². The second-order valence-electron chi connectivity index (χ2n) is 5.85. The highest BCUT2D eigenvalue weighted by molar-refractivity contribution is 5.79. The van der Waals surface area contributed by atoms with Crippen LogP contribution < -0.4 is 5.32 Å². The Morgan fingerprint density at radius 3 is 2.95 bits per heavy atom. The molecular weight excluding hydrogens is 281 g/mol. The van der Waals surface area contributed by atoms with Gasteiger partial charge in [0.15, 0.2) is 0 Å². The normalized spacial score (nSPS) is 17.1. The van der Waals surface area contributed by atoms with Crippen molar-refractivity contribution in [2.45, 2.75) is 32.6 Å². The Kier molecular flexibility index (Phi) is 4.22. The topological polar surface area (TPSA) is 57.8 Å². The van der Waals surface area contributed by atoms with Crippen molar-refractivity contribution in [2.24, 2.45) is 5.92 Å². The number of aromatic nitrogens is 2. The summed E-state index contributed by atoms with van der Waals surface area (Å²) in [6, 6.07) is 6.39. The largest absolute Gasteiger partial charge is 0.356 e. The average molecular weight is 301 g/mol. The van der Waals surface area contributed by atoms with Crippen molar-refractivity contribution in [1.82, 2.24) is 15.3 Å². The van der Waals surface area contributed by atoms with E-state index in [1.165, 1.54) is 12.1 Å². The zero-order valence-electron chi connectivity index (χ0n) is 12.7. The van der Waals surface area contributed by atoms with E-state index in [0.717, 1.165) is 42.0 Å². The summed E-state index contributed by atoms with van der Waals surface area (Å²) in [6.45, 7) is 2.52. The summed E-state index contributed by atoms with van der Waals surface area (Å²) in [4.78, 5) is 19.9. The molecule has 3 rings (SSSR count). The number of aryl methyl sites for hydroxylation is 2. The minimum atomic E-state index is -0.236. The van der Waals surface area contributed by atoms with E-state index in [9.17, 15) is 9.18 Å². The van der Waals surface area contributed by atoms with Gasteiger partial charge in [0.05, 0.1) is 5.69 Å². The number of carbonyl (C=O) groups is 1. The van der Waals surface area contributed by atoms with Crippen molar-refractivity contribution in [2.75, 3.05) is 6.54 Å². The lowest BCUT2D eigenvalue weighted by molar-refractivity contribution is -0.125. The predicted octanol–water partition coefficient (Wildman–Crippen LogP) is 2.32. The Bertz CT molecular complexity index is 663. The van der Waals surface area contributed by atoms with E-state index < -0.39 is 0 Å². The number of carbonyl (C=O) groups excluding carboxylic acids is 1. The third kappa shape index (κ3) is 3.35. The number of nitrogens with zero attached hydrogens (tertiary/aromatic N) is 1. The summed E-state index contributed by atoms with van der Waals surface area (Å²) in [5, 5.41) is 2.99. The molecule has 1 heterocycles. The molecular formula is C17H20FN3O. The molecule has 1 aliphatic rings. The van der Waals surface area contributed by atoms with Crippen LogP contribution in [0.15, 0.2) is 24.3 Å². The van der Waals surface area contributed by atoms with Gasteiger partial charge in [-0.05, 0) is 43.9 Å². The maximum absolute atomic E-state index is 12.8. The van der Waals surface area contributed by atoms with Gasteiger partial charge in [-0.2, -0.15) is 0 Å². The number of benzene rings is 1. The van der Waals surface area contributed by atoms with Crippen molar-refractivity contribution >= 4 is 5.91 Å². The van der Waals surface area contributed by atoms with Gasteiger partial charge in [0.1, 0.15) is 11.6 Å². The first kappa shape index (κ1) is 14.8. The number of halogens is 1. The molecule has 4 nitrogen and oxygen atoms in total. The number of fused-ring (bicyclic) bond motifs is 1. The van der Waals surface area contributed by atoms with Crippen molar-refractivity contribution in [3.05, 3.63) is 52.9 Å². The molecule has 5 heteroatoms. The van der Waals surface area contributed by atoms with E-state index in [2.05, 4.69) is 15.3 Å². The second-order valence-corrected chi connectivity index (χ2v) is 5.85. The highest BCUT2D eigenvalue weighted by Gasteiger charge is 2.26. The van der Waals surface area contributed by atoms with E-state index >= 15 is 0 Å². The number of imidazole rings is 1. The molecule has 1 amide bonds. The summed E-state index contributed by atoms with van der Waals surface area (Å²) >= 11 is 0. The van der Waals surface area contributed by atoms with Gasteiger partial charge in [-0.25, -0.2) is 9.37 Å². The van der Waals surface area contributed by atoms with Gasteiger partial charge in [-0.15, -0.1) is 0 Å². The number of hydrogen-bond acceptors (Lipinski definition) is 2. The van der Waals surface area contributed by atoms with Crippen LogP contribution >= 0.6 is 0 Å². The van der Waals surface area contributed by atoms with Gasteiger partial charge >= 0.3 is 0 Å². The monoisotopic (exact) mass is 301 g/mol. The van der Waals surface area contributed by atoms with Crippen molar-refractivity contribution in [1.29, 1.82) is 0 Å². The average Bonchev–Trinajstić information content (AvgIpc) is 2.88. The molecule has 0 bridgehead atoms. The van der Waals surface area contributed by atoms with Crippen molar-refractivity contribution < 1.29 is 9.18 Å². The summed E-state index contributed by atoms with van der Waals surface area (Å²) in [5.74, 6) is 0.795. The highest BCUT2D eigenvalue weighted by Crippen LogP contribution is 2.23. The molecule has 0 fully saturated rings. The van der Waals surface area contributed by atoms with Crippen molar-refractivity contribution in [3.8, 4) is 0 Å². The van der Waals surface area contributed by atoms with E-state index in [1.54, 1.807) is 12.1 Å². The Labute approximate surface area is 129 Å². The van der Waals surface area contributed by atoms with Gasteiger partial charge in [-0.3, -0.25) is 4.79 Å². The zero-order chi connectivity index (χ0) is 15.5. The summed E-state index contributed by atoms with van der Waals surface area (Å²) in [5.41, 5.74) is 3.23. The molecule has 0 aliphatic heterocycles. The second kappa shape index (κ2) is 6.30. The quantitative estimate of drug-likeness (QED) is 0.910. The first-order valence-electron chi connectivity index (χ1n) is 7.68. The van der Waals surface area contributed by atoms with Crippen LogP contribution in [0.3, 0.4) is 0 Å². The third-order valence-corrected chi connectivity index (χ3v) is 4.16. The van der Waals surface area contributed by atoms with Crippen LogP contribution in [0.2, 0.25) is 0 Å². The molecule has 1 aromatic heterocycles. The van der Waals surface area contributed by atoms with Gasteiger partial charge in [0.2, 0.25) is 5.91 Å². The van der Waals surface area contributed by atoms with Crippen LogP contribution in [0, 0.1) is 18.7 Å². The molecule has 0 radical (unpaired) electrons. The number of nitrogens with one attached hydrogen (secondary N) is 2. The molecule has 0 spiro atoms. The fourth-order valence-electron chi connectivity index (χ4n) is 2.97. The lowest BCUT2D eigenvalue weighted by atomic mass is 9.89. The third-order valence-electron chi connectivity index (χ3n) is 4.16. The Morgan fingerprint density at radius 2 is 2.18 bits per heavy atom. The number of amides is 1. The lowest BCUT2D eigenvalue weighted by Gasteiger charge is -2.20. The molecule has 116 valence electrons. The molecule has 1 unspecified atom stereocenters. The van der Waals surface area contributed by atoms with E-state index in [0.29, 0.717) is 13.0 Å². The maximum Gasteiger partial charge on any atom is 0.223 e. The van der Waals surface area contributed by atoms with Crippen LogP contribution in [-0.4, -0.2) is 22.4 Å². The van der Waals surface area contributed by atoms with Gasteiger partial charge in [0.25, 0.3) is 0 Å². The first-order chi connectivity index (χ1) is 10.6. The summed E-state index contributed by atoms with van der Waals surface area (Å²) < 4.78 is 12.8. The lowest BCUT2D eigenvalue weighted by Crippen LogP contribution is -2.35. The first-order valence-corrected chi connectivity index (χ1v) is 7.68. The molecule has 0 saturated carbocycles. The molecule has 1 aromatic carbocycles. The standard InChI is InChI=1S/C17H20FN3O/c1-11-20-15-7-4-13(10-16(15)21-11)17(22)19-9-8-12-2-5-14(18)6-3-12/h2-3,5-6,13H,4,7-10H2,1H3,(H,19,22)(H,20,21). The van der Waals surface area contributed by atoms with E-state index in [4.69, 9.17) is 0 Å². The molecule has 1 atom stereocenters. The molecule has 1 aliphatic carbocycles. The molecule has 2 N–H and O–H groups in total. The fourth-order valence-corrected chi connectivity index (χ4v) is 2.97. The van der Waals surface area contributed by atoms with Gasteiger partial charge < -0.3 is 10.3 Å². The number of H-pyrrole nitrogens is 1. The Hall–Kier alpha value is -2.17. The van der Waals surface area contributed by atoms with Crippen LogP contribution in [0.4, 0.5) is 4.39 Å². The highest BCUT2D eigenvalue weighted by atomic mass is 19.1. The number of aromatic amines is 1. The SMILES string of the molecule is Cc1nc2c([nH]1)CC(C(=O)NCCc1ccc(F)cc1)CC2. The molecule has 22 heavy (non-hydrogen) atoms. The minimum absolute atomic E-state index is 0.0144. The summed E-state index contributed by atoms with van der Waals surface area (Å²) in [6.07, 6.45) is 3.15. The van der Waals surface area contributed by atoms with Gasteiger partial charge in [0, 0.05) is 24.6 Å². The zero-order valence-corrected chi connectivity index (χ0v) is 12.7. The minimum Gasteiger partial charge on any atom is -0.356 e. The van der Waals surface area contributed by atoms with Crippen LogP contribution in [-0.2, 0) is 24.1 Å².